The molecule has 2 rings (SSSR count). The highest BCUT2D eigenvalue weighted by molar-refractivity contribution is 5.93. The molecule has 1 unspecified atom stereocenters. The summed E-state index contributed by atoms with van der Waals surface area (Å²) in [5.41, 5.74) is 3.27. The summed E-state index contributed by atoms with van der Waals surface area (Å²) >= 11 is 0. The van der Waals surface area contributed by atoms with E-state index in [9.17, 15) is 4.79 Å². The van der Waals surface area contributed by atoms with Crippen LogP contribution in [0.25, 0.3) is 0 Å². The molecular weight excluding hydrogens is 250 g/mol. The largest absolute Gasteiger partial charge is 0.326 e. The third kappa shape index (κ3) is 3.58. The van der Waals surface area contributed by atoms with Crippen LogP contribution in [0.4, 0.5) is 5.69 Å². The van der Waals surface area contributed by atoms with Crippen molar-refractivity contribution in [2.45, 2.75) is 20.4 Å². The van der Waals surface area contributed by atoms with Gasteiger partial charge in [-0.25, -0.2) is 0 Å². The molecule has 0 aliphatic carbocycles. The van der Waals surface area contributed by atoms with Gasteiger partial charge in [0.2, 0.25) is 5.91 Å². The van der Waals surface area contributed by atoms with Crippen LogP contribution in [0.15, 0.2) is 18.2 Å². The van der Waals surface area contributed by atoms with Crippen LogP contribution in [0.5, 0.6) is 0 Å². The minimum absolute atomic E-state index is 0.0631. The monoisotopic (exact) mass is 275 g/mol. The Morgan fingerprint density at radius 1 is 1.45 bits per heavy atom. The van der Waals surface area contributed by atoms with Crippen molar-refractivity contribution in [3.8, 4) is 0 Å². The average molecular weight is 275 g/mol. The number of rotatable bonds is 5. The topological polar surface area (TPSA) is 44.4 Å². The third-order valence-corrected chi connectivity index (χ3v) is 3.99. The molecule has 0 spiro atoms. The minimum atomic E-state index is 0.0631. The van der Waals surface area contributed by atoms with Gasteiger partial charge in [0, 0.05) is 18.2 Å². The molecular formula is C16H25N3O. The van der Waals surface area contributed by atoms with Crippen LogP contribution >= 0.6 is 0 Å². The van der Waals surface area contributed by atoms with Crippen LogP contribution in [0.3, 0.4) is 0 Å². The number of carbonyl (C=O) groups excluding carboxylic acids is 1. The summed E-state index contributed by atoms with van der Waals surface area (Å²) in [7, 11) is 4.09. The van der Waals surface area contributed by atoms with Gasteiger partial charge in [-0.1, -0.05) is 19.1 Å². The number of hydrogen-bond acceptors (Lipinski definition) is 3. The molecule has 0 aromatic heterocycles. The van der Waals surface area contributed by atoms with Gasteiger partial charge in [-0.05, 0) is 57.2 Å². The van der Waals surface area contributed by atoms with Crippen molar-refractivity contribution >= 4 is 11.6 Å². The van der Waals surface area contributed by atoms with Crippen molar-refractivity contribution in [3.05, 3.63) is 29.3 Å². The Morgan fingerprint density at radius 2 is 2.15 bits per heavy atom. The number of nitrogens with one attached hydrogen (secondary N) is 2. The van der Waals surface area contributed by atoms with Crippen molar-refractivity contribution in [2.24, 2.45) is 11.8 Å². The highest BCUT2D eigenvalue weighted by Crippen LogP contribution is 2.21. The fourth-order valence-corrected chi connectivity index (χ4v) is 2.39. The summed E-state index contributed by atoms with van der Waals surface area (Å²) in [5, 5.41) is 6.30. The van der Waals surface area contributed by atoms with Gasteiger partial charge in [-0.3, -0.25) is 4.79 Å². The van der Waals surface area contributed by atoms with Crippen molar-refractivity contribution < 1.29 is 4.79 Å². The lowest BCUT2D eigenvalue weighted by atomic mass is 9.88. The molecule has 1 saturated heterocycles. The highest BCUT2D eigenvalue weighted by Gasteiger charge is 2.28. The lowest BCUT2D eigenvalue weighted by Crippen LogP contribution is -2.48. The van der Waals surface area contributed by atoms with E-state index >= 15 is 0 Å². The molecule has 0 bridgehead atoms. The Balaban J connectivity index is 2.05. The van der Waals surface area contributed by atoms with E-state index in [1.165, 1.54) is 5.56 Å². The van der Waals surface area contributed by atoms with Crippen LogP contribution in [0, 0.1) is 18.8 Å². The molecule has 4 nitrogen and oxygen atoms in total. The molecule has 2 N–H and O–H groups in total. The second-order valence-corrected chi connectivity index (χ2v) is 6.08. The van der Waals surface area contributed by atoms with Crippen LogP contribution in [0.2, 0.25) is 0 Å². The number of benzene rings is 1. The fourth-order valence-electron chi connectivity index (χ4n) is 2.39. The predicted octanol–water partition coefficient (Wildman–Crippen LogP) is 1.85. The SMILES string of the molecule is Cc1ccc(CN(C)C)cc1NC(=O)C(C)C1CNC1. The average Bonchev–Trinajstić information content (AvgIpc) is 2.30. The Bertz CT molecular complexity index is 481. The summed E-state index contributed by atoms with van der Waals surface area (Å²) in [6.07, 6.45) is 0. The Morgan fingerprint density at radius 3 is 2.70 bits per heavy atom. The van der Waals surface area contributed by atoms with Gasteiger partial charge in [0.1, 0.15) is 0 Å². The molecule has 110 valence electrons. The molecule has 1 aromatic carbocycles. The number of hydrogen-bond donors (Lipinski definition) is 2. The molecule has 0 saturated carbocycles. The van der Waals surface area contributed by atoms with E-state index in [0.717, 1.165) is 30.9 Å². The molecule has 20 heavy (non-hydrogen) atoms. The fraction of sp³-hybridized carbons (Fsp3) is 0.562. The van der Waals surface area contributed by atoms with Gasteiger partial charge in [0.05, 0.1) is 0 Å². The van der Waals surface area contributed by atoms with E-state index in [4.69, 9.17) is 0 Å². The van der Waals surface area contributed by atoms with E-state index in [1.807, 2.05) is 27.9 Å². The van der Waals surface area contributed by atoms with E-state index in [1.54, 1.807) is 0 Å². The Hall–Kier alpha value is -1.39. The zero-order chi connectivity index (χ0) is 14.7. The van der Waals surface area contributed by atoms with Gasteiger partial charge >= 0.3 is 0 Å². The number of carbonyl (C=O) groups is 1. The minimum Gasteiger partial charge on any atom is -0.326 e. The van der Waals surface area contributed by atoms with Gasteiger partial charge in [0.25, 0.3) is 0 Å². The molecule has 1 fully saturated rings. The standard InChI is InChI=1S/C16H25N3O/c1-11-5-6-13(10-19(3)4)7-15(11)18-16(20)12(2)14-8-17-9-14/h5-7,12,14,17H,8-10H2,1-4H3,(H,18,20). The summed E-state index contributed by atoms with van der Waals surface area (Å²) in [4.78, 5) is 14.4. The maximum absolute atomic E-state index is 12.3. The van der Waals surface area contributed by atoms with Gasteiger partial charge < -0.3 is 15.5 Å². The van der Waals surface area contributed by atoms with E-state index in [-0.39, 0.29) is 11.8 Å². The molecule has 1 aliphatic rings. The number of amides is 1. The van der Waals surface area contributed by atoms with Crippen molar-refractivity contribution in [3.63, 3.8) is 0 Å². The Labute approximate surface area is 121 Å². The molecule has 0 radical (unpaired) electrons. The number of anilines is 1. The zero-order valence-electron chi connectivity index (χ0n) is 12.9. The first-order chi connectivity index (χ1) is 9.47. The first kappa shape index (κ1) is 15.0. The quantitative estimate of drug-likeness (QED) is 0.862. The second kappa shape index (κ2) is 6.37. The molecule has 1 atom stereocenters. The molecule has 4 heteroatoms. The summed E-state index contributed by atoms with van der Waals surface area (Å²) < 4.78 is 0. The highest BCUT2D eigenvalue weighted by atomic mass is 16.1. The van der Waals surface area contributed by atoms with Crippen molar-refractivity contribution in [1.29, 1.82) is 0 Å². The van der Waals surface area contributed by atoms with Crippen molar-refractivity contribution in [1.82, 2.24) is 10.2 Å². The summed E-state index contributed by atoms with van der Waals surface area (Å²) in [5.74, 6) is 0.662. The lowest BCUT2D eigenvalue weighted by molar-refractivity contribution is -0.121. The van der Waals surface area contributed by atoms with Gasteiger partial charge in [0.15, 0.2) is 0 Å². The van der Waals surface area contributed by atoms with E-state index in [0.29, 0.717) is 5.92 Å². The second-order valence-electron chi connectivity index (χ2n) is 6.08. The smallest absolute Gasteiger partial charge is 0.227 e. The normalized spacial score (nSPS) is 16.9. The summed E-state index contributed by atoms with van der Waals surface area (Å²) in [6.45, 7) is 6.83. The maximum Gasteiger partial charge on any atom is 0.227 e. The van der Waals surface area contributed by atoms with Crippen molar-refractivity contribution in [2.75, 3.05) is 32.5 Å². The van der Waals surface area contributed by atoms with E-state index < -0.39 is 0 Å². The molecule has 1 aromatic rings. The maximum atomic E-state index is 12.3. The van der Waals surface area contributed by atoms with Crippen LogP contribution in [0.1, 0.15) is 18.1 Å². The molecule has 1 aliphatic heterocycles. The first-order valence-electron chi connectivity index (χ1n) is 7.23. The van der Waals surface area contributed by atoms with Crippen LogP contribution in [-0.4, -0.2) is 38.0 Å². The van der Waals surface area contributed by atoms with Crippen LogP contribution < -0.4 is 10.6 Å². The number of aryl methyl sites for hydroxylation is 1. The predicted molar refractivity (Wildman–Crippen MR) is 82.7 cm³/mol. The molecule has 1 heterocycles. The number of nitrogens with zero attached hydrogens (tertiary/aromatic N) is 1. The van der Waals surface area contributed by atoms with Crippen LogP contribution in [-0.2, 0) is 11.3 Å². The first-order valence-corrected chi connectivity index (χ1v) is 7.23. The zero-order valence-corrected chi connectivity index (χ0v) is 12.9. The lowest BCUT2D eigenvalue weighted by Gasteiger charge is -2.31. The summed E-state index contributed by atoms with van der Waals surface area (Å²) in [6, 6.07) is 6.27. The van der Waals surface area contributed by atoms with Gasteiger partial charge in [-0.2, -0.15) is 0 Å². The molecule has 1 amide bonds. The van der Waals surface area contributed by atoms with Gasteiger partial charge in [-0.15, -0.1) is 0 Å². The Kier molecular flexibility index (Phi) is 4.78. The third-order valence-electron chi connectivity index (χ3n) is 3.99. The van der Waals surface area contributed by atoms with E-state index in [2.05, 4.69) is 33.7 Å².